The molecule has 5 nitrogen and oxygen atoms in total. The first kappa shape index (κ1) is 13.7. The molecule has 1 saturated heterocycles. The fraction of sp³-hybridized carbons (Fsp3) is 0.375. The summed E-state index contributed by atoms with van der Waals surface area (Å²) in [5.74, 6) is 0.376. The summed E-state index contributed by atoms with van der Waals surface area (Å²) < 4.78 is 11.9. The normalized spacial score (nSPS) is 17.9. The number of hydrogen-bond donors (Lipinski definition) is 0. The highest BCUT2D eigenvalue weighted by molar-refractivity contribution is 5.62. The smallest absolute Gasteiger partial charge is 0.430 e. The van der Waals surface area contributed by atoms with Crippen LogP contribution in [0.15, 0.2) is 30.5 Å². The van der Waals surface area contributed by atoms with E-state index in [2.05, 4.69) is 25.0 Å². The van der Waals surface area contributed by atoms with E-state index in [0.717, 1.165) is 16.9 Å². The van der Waals surface area contributed by atoms with E-state index in [4.69, 9.17) is 9.47 Å². The lowest BCUT2D eigenvalue weighted by molar-refractivity contribution is 0.118. The Bertz CT molecular complexity index is 676. The van der Waals surface area contributed by atoms with E-state index in [1.54, 1.807) is 0 Å². The van der Waals surface area contributed by atoms with Gasteiger partial charge >= 0.3 is 6.16 Å². The Morgan fingerprint density at radius 1 is 1.33 bits per heavy atom. The number of aryl methyl sites for hydroxylation is 1. The Morgan fingerprint density at radius 3 is 2.71 bits per heavy atom. The first-order chi connectivity index (χ1) is 10.0. The molecule has 0 amide bonds. The van der Waals surface area contributed by atoms with E-state index in [1.165, 1.54) is 5.56 Å². The molecule has 0 N–H and O–H groups in total. The molecule has 5 heteroatoms. The lowest BCUT2D eigenvalue weighted by Crippen LogP contribution is -2.06. The van der Waals surface area contributed by atoms with Gasteiger partial charge in [-0.15, -0.1) is 0 Å². The quantitative estimate of drug-likeness (QED) is 0.810. The van der Waals surface area contributed by atoms with Crippen LogP contribution in [-0.2, 0) is 9.47 Å². The molecule has 0 radical (unpaired) electrons. The van der Waals surface area contributed by atoms with Gasteiger partial charge in [-0.1, -0.05) is 26.0 Å². The van der Waals surface area contributed by atoms with Crippen LogP contribution in [0.1, 0.15) is 42.7 Å². The van der Waals surface area contributed by atoms with Gasteiger partial charge in [0, 0.05) is 6.20 Å². The summed E-state index contributed by atoms with van der Waals surface area (Å²) in [7, 11) is 0. The summed E-state index contributed by atoms with van der Waals surface area (Å²) in [6, 6.07) is 8.05. The Morgan fingerprint density at radius 2 is 2.14 bits per heavy atom. The number of cyclic esters (lactones) is 2. The third-order valence-electron chi connectivity index (χ3n) is 3.61. The molecular formula is C16H18N2O3. The van der Waals surface area contributed by atoms with Crippen LogP contribution in [0.25, 0.3) is 5.69 Å². The van der Waals surface area contributed by atoms with Crippen molar-refractivity contribution in [1.29, 1.82) is 0 Å². The highest BCUT2D eigenvalue weighted by Gasteiger charge is 2.27. The van der Waals surface area contributed by atoms with Crippen LogP contribution >= 0.6 is 0 Å². The first-order valence-electron chi connectivity index (χ1n) is 7.04. The van der Waals surface area contributed by atoms with Gasteiger partial charge in [0.2, 0.25) is 0 Å². The van der Waals surface area contributed by atoms with Crippen molar-refractivity contribution in [2.24, 2.45) is 0 Å². The minimum absolute atomic E-state index is 0.261. The molecular weight excluding hydrogens is 268 g/mol. The molecule has 2 aromatic rings. The lowest BCUT2D eigenvalue weighted by atomic mass is 9.97. The zero-order valence-electron chi connectivity index (χ0n) is 12.4. The number of benzene rings is 1. The fourth-order valence-corrected chi connectivity index (χ4v) is 2.49. The molecule has 0 saturated carbocycles. The highest BCUT2D eigenvalue weighted by atomic mass is 16.8. The Labute approximate surface area is 123 Å². The summed E-state index contributed by atoms with van der Waals surface area (Å²) in [6.07, 6.45) is 0.996. The standard InChI is InChI=1S/C16H18N2O3/c1-10(2)13-5-4-12(15-9-20-16(19)21-15)8-14(13)18-7-6-11(3)17-18/h4-8,10,15H,9H2,1-3H3. The van der Waals surface area contributed by atoms with E-state index in [-0.39, 0.29) is 12.7 Å². The predicted octanol–water partition coefficient (Wildman–Crippen LogP) is 3.51. The topological polar surface area (TPSA) is 53.4 Å². The molecule has 1 unspecified atom stereocenters. The molecule has 0 bridgehead atoms. The van der Waals surface area contributed by atoms with Crippen LogP contribution in [0.5, 0.6) is 0 Å². The van der Waals surface area contributed by atoms with Crippen molar-refractivity contribution in [1.82, 2.24) is 9.78 Å². The average molecular weight is 286 g/mol. The van der Waals surface area contributed by atoms with Crippen molar-refractivity contribution in [3.05, 3.63) is 47.3 Å². The summed E-state index contributed by atoms with van der Waals surface area (Å²) in [6.45, 7) is 6.51. The van der Waals surface area contributed by atoms with E-state index < -0.39 is 6.16 Å². The van der Waals surface area contributed by atoms with Gasteiger partial charge in [-0.05, 0) is 36.1 Å². The van der Waals surface area contributed by atoms with Crippen molar-refractivity contribution in [3.63, 3.8) is 0 Å². The van der Waals surface area contributed by atoms with Crippen LogP contribution in [0.4, 0.5) is 4.79 Å². The molecule has 1 aromatic heterocycles. The molecule has 0 spiro atoms. The predicted molar refractivity (Wildman–Crippen MR) is 77.6 cm³/mol. The Kier molecular flexibility index (Phi) is 3.41. The van der Waals surface area contributed by atoms with Crippen LogP contribution < -0.4 is 0 Å². The van der Waals surface area contributed by atoms with E-state index >= 15 is 0 Å². The van der Waals surface area contributed by atoms with Gasteiger partial charge in [-0.2, -0.15) is 5.10 Å². The molecule has 1 fully saturated rings. The monoisotopic (exact) mass is 286 g/mol. The lowest BCUT2D eigenvalue weighted by Gasteiger charge is -2.16. The summed E-state index contributed by atoms with van der Waals surface area (Å²) in [4.78, 5) is 11.1. The van der Waals surface area contributed by atoms with E-state index in [0.29, 0.717) is 5.92 Å². The molecule has 1 aliphatic rings. The average Bonchev–Trinajstić information content (AvgIpc) is 3.07. The number of carbonyl (C=O) groups excluding carboxylic acids is 1. The van der Waals surface area contributed by atoms with Gasteiger partial charge in [-0.25, -0.2) is 9.48 Å². The second-order valence-corrected chi connectivity index (χ2v) is 5.54. The number of nitrogens with zero attached hydrogens (tertiary/aromatic N) is 2. The molecule has 3 rings (SSSR count). The van der Waals surface area contributed by atoms with Gasteiger partial charge in [-0.3, -0.25) is 0 Å². The third-order valence-corrected chi connectivity index (χ3v) is 3.61. The minimum atomic E-state index is -0.607. The molecule has 0 aliphatic carbocycles. The Hall–Kier alpha value is -2.30. The van der Waals surface area contributed by atoms with Gasteiger partial charge in [0.15, 0.2) is 6.10 Å². The molecule has 1 atom stereocenters. The zero-order chi connectivity index (χ0) is 15.0. The van der Waals surface area contributed by atoms with Crippen molar-refractivity contribution in [2.75, 3.05) is 6.61 Å². The van der Waals surface area contributed by atoms with E-state index in [9.17, 15) is 4.79 Å². The van der Waals surface area contributed by atoms with Gasteiger partial charge in [0.25, 0.3) is 0 Å². The zero-order valence-corrected chi connectivity index (χ0v) is 12.4. The minimum Gasteiger partial charge on any atom is -0.430 e. The summed E-state index contributed by atoms with van der Waals surface area (Å²) in [5.41, 5.74) is 4.10. The number of aromatic nitrogens is 2. The molecule has 1 aliphatic heterocycles. The third kappa shape index (κ3) is 2.63. The molecule has 2 heterocycles. The number of hydrogen-bond acceptors (Lipinski definition) is 4. The number of ether oxygens (including phenoxy) is 2. The number of carbonyl (C=O) groups is 1. The van der Waals surface area contributed by atoms with Crippen LogP contribution in [0.3, 0.4) is 0 Å². The first-order valence-corrected chi connectivity index (χ1v) is 7.04. The van der Waals surface area contributed by atoms with Crippen LogP contribution in [0.2, 0.25) is 0 Å². The van der Waals surface area contributed by atoms with Crippen molar-refractivity contribution < 1.29 is 14.3 Å². The SMILES string of the molecule is Cc1ccn(-c2cc(C3COC(=O)O3)ccc2C(C)C)n1. The maximum Gasteiger partial charge on any atom is 0.509 e. The maximum atomic E-state index is 11.1. The van der Waals surface area contributed by atoms with Crippen molar-refractivity contribution in [3.8, 4) is 5.69 Å². The largest absolute Gasteiger partial charge is 0.509 e. The van der Waals surface area contributed by atoms with Crippen LogP contribution in [-0.4, -0.2) is 22.5 Å². The second-order valence-electron chi connectivity index (χ2n) is 5.54. The molecule has 110 valence electrons. The molecule has 21 heavy (non-hydrogen) atoms. The van der Waals surface area contributed by atoms with Crippen molar-refractivity contribution in [2.45, 2.75) is 32.8 Å². The van der Waals surface area contributed by atoms with Gasteiger partial charge < -0.3 is 9.47 Å². The Balaban J connectivity index is 2.04. The molecule has 1 aromatic carbocycles. The van der Waals surface area contributed by atoms with Crippen LogP contribution in [0, 0.1) is 6.92 Å². The maximum absolute atomic E-state index is 11.1. The number of rotatable bonds is 3. The van der Waals surface area contributed by atoms with Gasteiger partial charge in [0.1, 0.15) is 6.61 Å². The highest BCUT2D eigenvalue weighted by Crippen LogP contribution is 2.30. The van der Waals surface area contributed by atoms with Gasteiger partial charge in [0.05, 0.1) is 11.4 Å². The summed E-state index contributed by atoms with van der Waals surface area (Å²) >= 11 is 0. The fourth-order valence-electron chi connectivity index (χ4n) is 2.49. The second kappa shape index (κ2) is 5.24. The van der Waals surface area contributed by atoms with Crippen molar-refractivity contribution >= 4 is 6.16 Å². The summed E-state index contributed by atoms with van der Waals surface area (Å²) in [5, 5.41) is 4.48. The van der Waals surface area contributed by atoms with E-state index in [1.807, 2.05) is 36.0 Å².